The summed E-state index contributed by atoms with van der Waals surface area (Å²) in [5.74, 6) is 0.710. The quantitative estimate of drug-likeness (QED) is 0.163. The number of fused-ring (bicyclic) bond motifs is 7. The molecule has 5 rings (SSSR count). The predicted molar refractivity (Wildman–Crippen MR) is 175 cm³/mol. The van der Waals surface area contributed by atoms with Gasteiger partial charge in [0.2, 0.25) is 0 Å². The van der Waals surface area contributed by atoms with Crippen molar-refractivity contribution in [2.45, 2.75) is 171 Å². The first-order chi connectivity index (χ1) is 20.1. The molecule has 0 bridgehead atoms. The van der Waals surface area contributed by atoms with Crippen molar-refractivity contribution in [2.24, 2.45) is 50.2 Å². The average Bonchev–Trinajstić information content (AvgIpc) is 2.92. The van der Waals surface area contributed by atoms with Gasteiger partial charge in [-0.15, -0.1) is 0 Å². The van der Waals surface area contributed by atoms with Crippen molar-refractivity contribution in [1.29, 1.82) is 0 Å². The van der Waals surface area contributed by atoms with E-state index in [0.29, 0.717) is 18.3 Å². The van der Waals surface area contributed by atoms with Gasteiger partial charge in [0.05, 0.1) is 5.41 Å². The fraction of sp³-hybridized carbons (Fsp3) is 0.897. The van der Waals surface area contributed by atoms with E-state index < -0.39 is 11.4 Å². The van der Waals surface area contributed by atoms with Gasteiger partial charge in [0.25, 0.3) is 0 Å². The standard InChI is InChI=1S/C39H64O4/c1-9-10-11-12-13-14-15-32(40)43-31-19-20-36(6)29(35(31,4)5)18-21-38(8)30(36)17-16-27-28-26-34(2,3)22-24-39(28,33(41)42)25-23-37(27,38)7/h16,28-31H,9-15,17-26H2,1-8H3,(H,41,42)/t28-,29-,30+,31-,36-,37+,38+,39-/m0/s1. The van der Waals surface area contributed by atoms with Crippen LogP contribution in [0.15, 0.2) is 11.6 Å². The highest BCUT2D eigenvalue weighted by molar-refractivity contribution is 5.76. The maximum absolute atomic E-state index is 13.0. The number of carboxylic acids is 1. The zero-order chi connectivity index (χ0) is 31.5. The van der Waals surface area contributed by atoms with Gasteiger partial charge in [0.15, 0.2) is 0 Å². The van der Waals surface area contributed by atoms with Crippen LogP contribution in [-0.2, 0) is 14.3 Å². The van der Waals surface area contributed by atoms with Crippen LogP contribution < -0.4 is 0 Å². The molecule has 0 spiro atoms. The molecule has 0 radical (unpaired) electrons. The zero-order valence-electron chi connectivity index (χ0n) is 29.1. The van der Waals surface area contributed by atoms with Crippen molar-refractivity contribution < 1.29 is 19.4 Å². The highest BCUT2D eigenvalue weighted by atomic mass is 16.5. The molecule has 4 saturated carbocycles. The fourth-order valence-electron chi connectivity index (χ4n) is 12.1. The van der Waals surface area contributed by atoms with Gasteiger partial charge in [-0.25, -0.2) is 0 Å². The smallest absolute Gasteiger partial charge is 0.310 e. The maximum Gasteiger partial charge on any atom is 0.310 e. The van der Waals surface area contributed by atoms with Crippen LogP contribution in [0.5, 0.6) is 0 Å². The molecule has 0 aromatic carbocycles. The van der Waals surface area contributed by atoms with Crippen molar-refractivity contribution in [3.05, 3.63) is 11.6 Å². The van der Waals surface area contributed by atoms with Gasteiger partial charge in [0.1, 0.15) is 6.10 Å². The van der Waals surface area contributed by atoms with Gasteiger partial charge < -0.3 is 9.84 Å². The first-order valence-electron chi connectivity index (χ1n) is 18.2. The molecule has 0 amide bonds. The molecule has 0 unspecified atom stereocenters. The molecule has 43 heavy (non-hydrogen) atoms. The number of carbonyl (C=O) groups excluding carboxylic acids is 1. The van der Waals surface area contributed by atoms with Crippen molar-refractivity contribution in [1.82, 2.24) is 0 Å². The Labute approximate surface area is 263 Å². The van der Waals surface area contributed by atoms with Gasteiger partial charge in [0, 0.05) is 11.8 Å². The van der Waals surface area contributed by atoms with Gasteiger partial charge in [-0.3, -0.25) is 9.59 Å². The van der Waals surface area contributed by atoms with Crippen LogP contribution in [0.25, 0.3) is 0 Å². The van der Waals surface area contributed by atoms with E-state index in [1.54, 1.807) is 0 Å². The number of allylic oxidation sites excluding steroid dienone is 2. The Morgan fingerprint density at radius 1 is 0.837 bits per heavy atom. The van der Waals surface area contributed by atoms with E-state index in [9.17, 15) is 14.7 Å². The Kier molecular flexibility index (Phi) is 8.83. The third kappa shape index (κ3) is 5.25. The molecule has 4 heteroatoms. The molecule has 1 N–H and O–H groups in total. The summed E-state index contributed by atoms with van der Waals surface area (Å²) in [6, 6.07) is 0. The minimum absolute atomic E-state index is 0.00290. The van der Waals surface area contributed by atoms with Crippen LogP contribution in [0.4, 0.5) is 0 Å². The van der Waals surface area contributed by atoms with Crippen LogP contribution in [0, 0.1) is 50.2 Å². The fourth-order valence-corrected chi connectivity index (χ4v) is 12.1. The molecule has 0 aromatic rings. The molecule has 5 aliphatic carbocycles. The second-order valence-corrected chi connectivity index (χ2v) is 18.0. The normalized spacial score (nSPS) is 42.8. The summed E-state index contributed by atoms with van der Waals surface area (Å²) in [4.78, 5) is 25.9. The highest BCUT2D eigenvalue weighted by Crippen LogP contribution is 2.75. The molecule has 0 heterocycles. The highest BCUT2D eigenvalue weighted by Gasteiger charge is 2.69. The van der Waals surface area contributed by atoms with E-state index in [1.165, 1.54) is 44.1 Å². The molecule has 0 aromatic heterocycles. The van der Waals surface area contributed by atoms with Gasteiger partial charge >= 0.3 is 11.9 Å². The molecular weight excluding hydrogens is 532 g/mol. The monoisotopic (exact) mass is 596 g/mol. The summed E-state index contributed by atoms with van der Waals surface area (Å²) in [7, 11) is 0. The molecule has 244 valence electrons. The number of ether oxygens (including phenoxy) is 1. The third-order valence-corrected chi connectivity index (χ3v) is 15.0. The first-order valence-corrected chi connectivity index (χ1v) is 18.2. The van der Waals surface area contributed by atoms with Crippen molar-refractivity contribution in [3.63, 3.8) is 0 Å². The van der Waals surface area contributed by atoms with E-state index >= 15 is 0 Å². The first kappa shape index (κ1) is 33.1. The van der Waals surface area contributed by atoms with Gasteiger partial charge in [-0.05, 0) is 110 Å². The lowest BCUT2D eigenvalue weighted by Crippen LogP contribution is -2.65. The summed E-state index contributed by atoms with van der Waals surface area (Å²) in [5, 5.41) is 10.6. The predicted octanol–water partition coefficient (Wildman–Crippen LogP) is 10.5. The second kappa shape index (κ2) is 11.5. The van der Waals surface area contributed by atoms with E-state index in [2.05, 4.69) is 61.5 Å². The van der Waals surface area contributed by atoms with Crippen LogP contribution >= 0.6 is 0 Å². The Morgan fingerprint density at radius 3 is 2.21 bits per heavy atom. The minimum atomic E-state index is -0.579. The van der Waals surface area contributed by atoms with Crippen LogP contribution in [0.1, 0.15) is 165 Å². The largest absolute Gasteiger partial charge is 0.481 e. The lowest BCUT2D eigenvalue weighted by molar-refractivity contribution is -0.214. The molecule has 0 saturated heterocycles. The van der Waals surface area contributed by atoms with Crippen LogP contribution in [0.2, 0.25) is 0 Å². The van der Waals surface area contributed by atoms with E-state index in [4.69, 9.17) is 4.74 Å². The Balaban J connectivity index is 1.35. The Bertz CT molecular complexity index is 1100. The summed E-state index contributed by atoms with van der Waals surface area (Å²) in [6.07, 6.45) is 20.4. The molecule has 4 nitrogen and oxygen atoms in total. The summed E-state index contributed by atoms with van der Waals surface area (Å²) >= 11 is 0. The lowest BCUT2D eigenvalue weighted by Gasteiger charge is -2.71. The SMILES string of the molecule is CCCCCCCCC(=O)O[C@H]1CC[C@]2(C)[C@H]3CC=C4[C@@H]5CC(C)(C)CC[C@]5(C(=O)O)CC[C@@]4(C)[C@]3(C)CC[C@H]2C1(C)C. The molecule has 4 fully saturated rings. The number of hydrogen-bond donors (Lipinski definition) is 1. The number of unbranched alkanes of at least 4 members (excludes halogenated alkanes) is 5. The van der Waals surface area contributed by atoms with Gasteiger partial charge in [-0.2, -0.15) is 0 Å². The number of carbonyl (C=O) groups is 2. The average molecular weight is 597 g/mol. The summed E-state index contributed by atoms with van der Waals surface area (Å²) in [6.45, 7) is 19.4. The second-order valence-electron chi connectivity index (χ2n) is 18.0. The number of carboxylic acid groups (broad SMARTS) is 1. The number of rotatable bonds is 9. The van der Waals surface area contributed by atoms with Crippen LogP contribution in [-0.4, -0.2) is 23.1 Å². The summed E-state index contributed by atoms with van der Waals surface area (Å²) in [5.41, 5.74) is 1.47. The third-order valence-electron chi connectivity index (χ3n) is 15.0. The van der Waals surface area contributed by atoms with Crippen molar-refractivity contribution >= 4 is 11.9 Å². The molecule has 5 aliphatic rings. The van der Waals surface area contributed by atoms with Gasteiger partial charge in [-0.1, -0.05) is 99.1 Å². The summed E-state index contributed by atoms with van der Waals surface area (Å²) < 4.78 is 6.30. The van der Waals surface area contributed by atoms with Crippen molar-refractivity contribution in [3.8, 4) is 0 Å². The number of esters is 1. The van der Waals surface area contributed by atoms with E-state index in [0.717, 1.165) is 64.2 Å². The number of aliphatic carboxylic acids is 1. The molecule has 8 atom stereocenters. The maximum atomic E-state index is 13.0. The van der Waals surface area contributed by atoms with E-state index in [1.807, 2.05) is 0 Å². The van der Waals surface area contributed by atoms with Crippen LogP contribution in [0.3, 0.4) is 0 Å². The van der Waals surface area contributed by atoms with E-state index in [-0.39, 0.29) is 45.1 Å². The van der Waals surface area contributed by atoms with Crippen molar-refractivity contribution in [2.75, 3.05) is 0 Å². The topological polar surface area (TPSA) is 63.6 Å². The lowest BCUT2D eigenvalue weighted by atomic mass is 9.33. The zero-order valence-corrected chi connectivity index (χ0v) is 29.1. The Morgan fingerprint density at radius 2 is 1.51 bits per heavy atom. The molecule has 0 aliphatic heterocycles. The number of hydrogen-bond acceptors (Lipinski definition) is 3. The Hall–Kier alpha value is -1.32. The molecular formula is C39H64O4. The minimum Gasteiger partial charge on any atom is -0.481 e.